The van der Waals surface area contributed by atoms with Crippen LogP contribution < -0.4 is 14.8 Å². The number of methoxy groups -OCH3 is 2. The summed E-state index contributed by atoms with van der Waals surface area (Å²) in [6.45, 7) is 1.88. The van der Waals surface area contributed by atoms with E-state index in [1.807, 2.05) is 11.4 Å². The molecule has 1 aliphatic carbocycles. The summed E-state index contributed by atoms with van der Waals surface area (Å²) >= 11 is 1.61. The number of amides is 1. The number of hydrogen-bond donors (Lipinski definition) is 1. The first-order chi connectivity index (χ1) is 13.5. The van der Waals surface area contributed by atoms with E-state index in [1.165, 1.54) is 4.88 Å². The van der Waals surface area contributed by atoms with Crippen LogP contribution in [0.3, 0.4) is 0 Å². The Kier molecular flexibility index (Phi) is 6.57. The van der Waals surface area contributed by atoms with Gasteiger partial charge in [-0.3, -0.25) is 4.79 Å². The summed E-state index contributed by atoms with van der Waals surface area (Å²) in [5.41, 5.74) is 2.56. The van der Waals surface area contributed by atoms with Gasteiger partial charge in [-0.05, 0) is 55.9 Å². The average Bonchev–Trinajstić information content (AvgIpc) is 3.15. The molecule has 1 heterocycles. The zero-order chi connectivity index (χ0) is 20.1. The smallest absolute Gasteiger partial charge is 0.340 e. The van der Waals surface area contributed by atoms with E-state index in [4.69, 9.17) is 14.2 Å². The van der Waals surface area contributed by atoms with Gasteiger partial charge < -0.3 is 19.5 Å². The number of aryl methyl sites for hydroxylation is 1. The van der Waals surface area contributed by atoms with Gasteiger partial charge in [-0.15, -0.1) is 11.3 Å². The number of esters is 1. The Morgan fingerprint density at radius 2 is 1.89 bits per heavy atom. The van der Waals surface area contributed by atoms with Crippen LogP contribution in [0.15, 0.2) is 23.6 Å². The lowest BCUT2D eigenvalue weighted by Crippen LogP contribution is -2.35. The number of hydrogen-bond acceptors (Lipinski definition) is 6. The van der Waals surface area contributed by atoms with Crippen molar-refractivity contribution in [1.82, 2.24) is 5.32 Å². The summed E-state index contributed by atoms with van der Waals surface area (Å²) in [7, 11) is 3.13. The van der Waals surface area contributed by atoms with E-state index in [1.54, 1.807) is 44.6 Å². The molecular weight excluding hydrogens is 378 g/mol. The minimum absolute atomic E-state index is 0.301. The van der Waals surface area contributed by atoms with Crippen molar-refractivity contribution in [1.29, 1.82) is 0 Å². The van der Waals surface area contributed by atoms with Crippen molar-refractivity contribution < 1.29 is 23.8 Å². The molecule has 150 valence electrons. The highest BCUT2D eigenvalue weighted by Gasteiger charge is 2.24. The van der Waals surface area contributed by atoms with Gasteiger partial charge in [0.25, 0.3) is 5.91 Å². The molecule has 1 amide bonds. The van der Waals surface area contributed by atoms with E-state index in [0.717, 1.165) is 36.8 Å². The Labute approximate surface area is 168 Å². The maximum Gasteiger partial charge on any atom is 0.340 e. The topological polar surface area (TPSA) is 73.9 Å². The fourth-order valence-corrected chi connectivity index (χ4v) is 4.38. The van der Waals surface area contributed by atoms with Crippen LogP contribution in [0.25, 0.3) is 0 Å². The number of benzene rings is 1. The second-order valence-corrected chi connectivity index (χ2v) is 7.68. The first kappa shape index (κ1) is 20.2. The summed E-state index contributed by atoms with van der Waals surface area (Å²) in [5, 5.41) is 4.64. The molecule has 0 bridgehead atoms. The summed E-state index contributed by atoms with van der Waals surface area (Å²) in [5.74, 6) is 0.454. The van der Waals surface area contributed by atoms with E-state index < -0.39 is 12.1 Å². The highest BCUT2D eigenvalue weighted by atomic mass is 32.1. The zero-order valence-electron chi connectivity index (χ0n) is 16.4. The van der Waals surface area contributed by atoms with Gasteiger partial charge in [0.05, 0.1) is 19.8 Å². The van der Waals surface area contributed by atoms with E-state index >= 15 is 0 Å². The van der Waals surface area contributed by atoms with Gasteiger partial charge >= 0.3 is 5.97 Å². The fourth-order valence-electron chi connectivity index (χ4n) is 3.27. The molecule has 2 aromatic rings. The van der Waals surface area contributed by atoms with Crippen molar-refractivity contribution >= 4 is 23.2 Å². The van der Waals surface area contributed by atoms with Gasteiger partial charge in [0, 0.05) is 16.8 Å². The SMILES string of the molecule is COc1ccc(CNC(=O)[C@H](C)OC(=O)c2csc3c2CCCC3)cc1OC. The zero-order valence-corrected chi connectivity index (χ0v) is 17.2. The molecule has 1 aromatic heterocycles. The van der Waals surface area contributed by atoms with Gasteiger partial charge in [0.2, 0.25) is 0 Å². The number of fused-ring (bicyclic) bond motifs is 1. The van der Waals surface area contributed by atoms with Crippen molar-refractivity contribution in [3.05, 3.63) is 45.1 Å². The van der Waals surface area contributed by atoms with Crippen molar-refractivity contribution in [2.75, 3.05) is 14.2 Å². The van der Waals surface area contributed by atoms with Crippen LogP contribution in [0.4, 0.5) is 0 Å². The standard InChI is InChI=1S/C21H25NO5S/c1-13(27-21(24)16-12-28-19-7-5-4-6-15(16)19)20(23)22-11-14-8-9-17(25-2)18(10-14)26-3/h8-10,12-13H,4-7,11H2,1-3H3,(H,22,23)/t13-/m0/s1. The van der Waals surface area contributed by atoms with Crippen LogP contribution in [0, 0.1) is 0 Å². The second-order valence-electron chi connectivity index (χ2n) is 6.71. The minimum Gasteiger partial charge on any atom is -0.493 e. The molecule has 0 saturated carbocycles. The first-order valence-corrected chi connectivity index (χ1v) is 10.2. The number of thiophene rings is 1. The first-order valence-electron chi connectivity index (χ1n) is 9.32. The molecule has 1 aromatic carbocycles. The highest BCUT2D eigenvalue weighted by Crippen LogP contribution is 2.31. The number of carbonyl (C=O) groups is 2. The number of nitrogens with one attached hydrogen (secondary N) is 1. The van der Waals surface area contributed by atoms with Crippen LogP contribution in [-0.2, 0) is 28.9 Å². The Morgan fingerprint density at radius 1 is 1.14 bits per heavy atom. The van der Waals surface area contributed by atoms with Gasteiger partial charge in [0.15, 0.2) is 17.6 Å². The lowest BCUT2D eigenvalue weighted by atomic mass is 9.96. The van der Waals surface area contributed by atoms with Crippen molar-refractivity contribution in [3.8, 4) is 11.5 Å². The lowest BCUT2D eigenvalue weighted by Gasteiger charge is -2.16. The maximum atomic E-state index is 12.5. The molecule has 0 spiro atoms. The second kappa shape index (κ2) is 9.10. The van der Waals surface area contributed by atoms with Crippen LogP contribution >= 0.6 is 11.3 Å². The third-order valence-corrected chi connectivity index (χ3v) is 5.94. The lowest BCUT2D eigenvalue weighted by molar-refractivity contribution is -0.129. The van der Waals surface area contributed by atoms with Gasteiger partial charge in [0.1, 0.15) is 0 Å². The van der Waals surface area contributed by atoms with E-state index in [2.05, 4.69) is 5.32 Å². The molecule has 1 aliphatic rings. The van der Waals surface area contributed by atoms with Crippen LogP contribution in [0.1, 0.15) is 46.1 Å². The predicted octanol–water partition coefficient (Wildman–Crippen LogP) is 3.51. The van der Waals surface area contributed by atoms with E-state index in [-0.39, 0.29) is 5.91 Å². The molecular formula is C21H25NO5S. The molecule has 0 radical (unpaired) electrons. The highest BCUT2D eigenvalue weighted by molar-refractivity contribution is 7.10. The number of rotatable bonds is 7. The maximum absolute atomic E-state index is 12.5. The normalized spacial score (nSPS) is 14.0. The van der Waals surface area contributed by atoms with Crippen LogP contribution in [0.5, 0.6) is 11.5 Å². The molecule has 3 rings (SSSR count). The minimum atomic E-state index is -0.869. The van der Waals surface area contributed by atoms with Crippen LogP contribution in [0.2, 0.25) is 0 Å². The molecule has 0 unspecified atom stereocenters. The number of carbonyl (C=O) groups excluding carboxylic acids is 2. The van der Waals surface area contributed by atoms with Gasteiger partial charge in [-0.1, -0.05) is 6.07 Å². The molecule has 1 N–H and O–H groups in total. The summed E-state index contributed by atoms with van der Waals surface area (Å²) < 4.78 is 15.9. The molecule has 0 aliphatic heterocycles. The van der Waals surface area contributed by atoms with Crippen molar-refractivity contribution in [2.45, 2.75) is 45.3 Å². The van der Waals surface area contributed by atoms with Gasteiger partial charge in [-0.2, -0.15) is 0 Å². The molecule has 6 nitrogen and oxygen atoms in total. The summed E-state index contributed by atoms with van der Waals surface area (Å²) in [6, 6.07) is 5.42. The Balaban J connectivity index is 1.56. The average molecular weight is 404 g/mol. The quantitative estimate of drug-likeness (QED) is 0.716. The monoisotopic (exact) mass is 403 g/mol. The molecule has 1 atom stereocenters. The van der Waals surface area contributed by atoms with Crippen LogP contribution in [-0.4, -0.2) is 32.2 Å². The summed E-state index contributed by atoms with van der Waals surface area (Å²) in [6.07, 6.45) is 3.31. The number of ether oxygens (including phenoxy) is 3. The Hall–Kier alpha value is -2.54. The molecule has 7 heteroatoms. The largest absolute Gasteiger partial charge is 0.493 e. The van der Waals surface area contributed by atoms with Crippen molar-refractivity contribution in [2.24, 2.45) is 0 Å². The molecule has 28 heavy (non-hydrogen) atoms. The van der Waals surface area contributed by atoms with E-state index in [9.17, 15) is 9.59 Å². The third-order valence-electron chi connectivity index (χ3n) is 4.85. The summed E-state index contributed by atoms with van der Waals surface area (Å²) in [4.78, 5) is 26.1. The Morgan fingerprint density at radius 3 is 2.64 bits per heavy atom. The molecule has 0 saturated heterocycles. The predicted molar refractivity (Wildman–Crippen MR) is 107 cm³/mol. The van der Waals surface area contributed by atoms with Gasteiger partial charge in [-0.25, -0.2) is 4.79 Å². The fraction of sp³-hybridized carbons (Fsp3) is 0.429. The Bertz CT molecular complexity index is 860. The van der Waals surface area contributed by atoms with E-state index in [0.29, 0.717) is 23.6 Å². The molecule has 0 fully saturated rings. The van der Waals surface area contributed by atoms with Crippen molar-refractivity contribution in [3.63, 3.8) is 0 Å². The third kappa shape index (κ3) is 4.47.